The van der Waals surface area contributed by atoms with E-state index in [0.29, 0.717) is 6.61 Å². The third-order valence-electron chi connectivity index (χ3n) is 6.33. The molecule has 0 aromatic heterocycles. The van der Waals surface area contributed by atoms with Crippen LogP contribution in [0.5, 0.6) is 0 Å². The molecule has 0 saturated carbocycles. The van der Waals surface area contributed by atoms with Gasteiger partial charge in [0.05, 0.1) is 0 Å². The zero-order chi connectivity index (χ0) is 22.4. The third kappa shape index (κ3) is 3.62. The standard InChI is InChI=1S/C7H7O.4C6H5.Sb/c8-6-7-4-2-1-3-5-7;4*1-2-4-6-5-3-1;/h1-5H,6H2;4*1-5H;/q-1;;;;;+1. The molecule has 0 fully saturated rings. The van der Waals surface area contributed by atoms with Crippen LogP contribution in [-0.4, -0.2) is 17.8 Å². The van der Waals surface area contributed by atoms with E-state index in [-0.39, 0.29) is 0 Å². The van der Waals surface area contributed by atoms with Crippen LogP contribution >= 0.6 is 0 Å². The zero-order valence-corrected chi connectivity index (χ0v) is 21.0. The summed E-state index contributed by atoms with van der Waals surface area (Å²) in [6.45, 7) is 0.538. The molecule has 1 nitrogen and oxygen atoms in total. The first-order valence-electron chi connectivity index (χ1n) is 11.3. The summed E-state index contributed by atoms with van der Waals surface area (Å²) in [5, 5.41) is 0. The Kier molecular flexibility index (Phi) is 6.18. The molecule has 5 rings (SSSR count). The summed E-state index contributed by atoms with van der Waals surface area (Å²) in [5.74, 6) is 0. The number of benzene rings is 5. The van der Waals surface area contributed by atoms with E-state index in [1.807, 2.05) is 0 Å². The van der Waals surface area contributed by atoms with Crippen LogP contribution in [0.2, 0.25) is 0 Å². The molecular formula is C31H27OSb. The van der Waals surface area contributed by atoms with E-state index < -0.39 is 17.8 Å². The number of hydrogen-bond donors (Lipinski definition) is 0. The molecule has 0 spiro atoms. The van der Waals surface area contributed by atoms with Crippen molar-refractivity contribution in [3.05, 3.63) is 157 Å². The second-order valence-corrected chi connectivity index (χ2v) is 20.7. The Morgan fingerprint density at radius 3 is 0.939 bits per heavy atom. The van der Waals surface area contributed by atoms with Gasteiger partial charge in [0.2, 0.25) is 0 Å². The molecule has 0 N–H and O–H groups in total. The Morgan fingerprint density at radius 2 is 0.636 bits per heavy atom. The van der Waals surface area contributed by atoms with E-state index in [9.17, 15) is 0 Å². The second-order valence-electron chi connectivity index (χ2n) is 8.14. The van der Waals surface area contributed by atoms with Crippen LogP contribution in [0, 0.1) is 0 Å². The van der Waals surface area contributed by atoms with Crippen molar-refractivity contribution in [3.8, 4) is 0 Å². The summed E-state index contributed by atoms with van der Waals surface area (Å²) in [7, 11) is 0. The van der Waals surface area contributed by atoms with Crippen molar-refractivity contribution in [2.75, 3.05) is 0 Å². The van der Waals surface area contributed by atoms with E-state index in [4.69, 9.17) is 3.02 Å². The monoisotopic (exact) mass is 536 g/mol. The molecule has 0 bridgehead atoms. The van der Waals surface area contributed by atoms with Gasteiger partial charge in [-0.25, -0.2) is 0 Å². The van der Waals surface area contributed by atoms with Crippen LogP contribution in [0.4, 0.5) is 0 Å². The quantitative estimate of drug-likeness (QED) is 0.273. The molecule has 2 heteroatoms. The second kappa shape index (κ2) is 9.39. The topological polar surface area (TPSA) is 9.23 Å². The van der Waals surface area contributed by atoms with Gasteiger partial charge in [-0.15, -0.1) is 0 Å². The molecule has 5 aromatic carbocycles. The summed E-state index contributed by atoms with van der Waals surface area (Å²) >= 11 is -4.74. The van der Waals surface area contributed by atoms with Crippen LogP contribution < -0.4 is 14.0 Å². The van der Waals surface area contributed by atoms with Crippen LogP contribution in [0.25, 0.3) is 0 Å². The average molecular weight is 537 g/mol. The van der Waals surface area contributed by atoms with Crippen LogP contribution in [0.1, 0.15) is 5.56 Å². The van der Waals surface area contributed by atoms with Gasteiger partial charge in [0.25, 0.3) is 0 Å². The van der Waals surface area contributed by atoms with Crippen molar-refractivity contribution in [2.45, 2.75) is 6.61 Å². The summed E-state index contributed by atoms with van der Waals surface area (Å²) in [6, 6.07) is 54.1. The summed E-state index contributed by atoms with van der Waals surface area (Å²) < 4.78 is 12.6. The van der Waals surface area contributed by atoms with Gasteiger partial charge in [0, 0.05) is 0 Å². The van der Waals surface area contributed by atoms with E-state index in [0.717, 1.165) is 0 Å². The van der Waals surface area contributed by atoms with E-state index in [1.165, 1.54) is 19.6 Å². The molecular weight excluding hydrogens is 510 g/mol. The normalized spacial score (nSPS) is 12.5. The summed E-state index contributed by atoms with van der Waals surface area (Å²) in [5.41, 5.74) is 1.18. The van der Waals surface area contributed by atoms with Crippen molar-refractivity contribution in [1.29, 1.82) is 0 Å². The molecule has 0 heterocycles. The van der Waals surface area contributed by atoms with Gasteiger partial charge in [-0.3, -0.25) is 0 Å². The predicted molar refractivity (Wildman–Crippen MR) is 141 cm³/mol. The van der Waals surface area contributed by atoms with Gasteiger partial charge in [0.15, 0.2) is 0 Å². The average Bonchev–Trinajstić information content (AvgIpc) is 2.92. The van der Waals surface area contributed by atoms with Gasteiger partial charge in [0.1, 0.15) is 0 Å². The first-order chi connectivity index (χ1) is 16.3. The summed E-state index contributed by atoms with van der Waals surface area (Å²) in [6.07, 6.45) is 0. The van der Waals surface area contributed by atoms with Gasteiger partial charge in [-0.2, -0.15) is 0 Å². The van der Waals surface area contributed by atoms with Gasteiger partial charge in [-0.1, -0.05) is 0 Å². The molecule has 0 radical (unpaired) electrons. The number of hydrogen-bond acceptors (Lipinski definition) is 1. The maximum atomic E-state index is 7.55. The SMILES string of the molecule is c1ccc(C[O][Sb]([c]2ccccc2)([c]2ccccc2)([c]2ccccc2)[c]2ccccc2)cc1. The Bertz CT molecular complexity index is 1120. The fourth-order valence-electron chi connectivity index (χ4n) is 4.82. The zero-order valence-electron chi connectivity index (χ0n) is 18.5. The van der Waals surface area contributed by atoms with Crippen molar-refractivity contribution in [3.63, 3.8) is 0 Å². The Balaban J connectivity index is 1.94. The summed E-state index contributed by atoms with van der Waals surface area (Å²) in [4.78, 5) is 0. The van der Waals surface area contributed by atoms with E-state index >= 15 is 0 Å². The van der Waals surface area contributed by atoms with Crippen molar-refractivity contribution in [1.82, 2.24) is 0 Å². The molecule has 0 saturated heterocycles. The van der Waals surface area contributed by atoms with E-state index in [2.05, 4.69) is 152 Å². The fourth-order valence-corrected chi connectivity index (χ4v) is 21.3. The van der Waals surface area contributed by atoms with Crippen molar-refractivity contribution < 1.29 is 3.02 Å². The predicted octanol–water partition coefficient (Wildman–Crippen LogP) is 4.73. The van der Waals surface area contributed by atoms with Gasteiger partial charge < -0.3 is 0 Å². The Labute approximate surface area is 197 Å². The molecule has 0 unspecified atom stereocenters. The first-order valence-corrected chi connectivity index (χ1v) is 17.4. The first kappa shape index (κ1) is 21.7. The van der Waals surface area contributed by atoms with Gasteiger partial charge >= 0.3 is 199 Å². The number of rotatable bonds is 7. The molecule has 0 aliphatic carbocycles. The fraction of sp³-hybridized carbons (Fsp3) is 0.0323. The molecule has 5 aromatic rings. The molecule has 0 aliphatic rings. The van der Waals surface area contributed by atoms with E-state index in [1.54, 1.807) is 0 Å². The van der Waals surface area contributed by atoms with Crippen LogP contribution in [0.3, 0.4) is 0 Å². The maximum absolute atomic E-state index is 7.55. The Hall–Kier alpha value is -3.12. The van der Waals surface area contributed by atoms with Crippen molar-refractivity contribution >= 4 is 31.9 Å². The van der Waals surface area contributed by atoms with Crippen LogP contribution in [-0.2, 0) is 9.62 Å². The van der Waals surface area contributed by atoms with Gasteiger partial charge in [-0.05, 0) is 0 Å². The Morgan fingerprint density at radius 1 is 0.364 bits per heavy atom. The van der Waals surface area contributed by atoms with Crippen molar-refractivity contribution in [2.24, 2.45) is 0 Å². The molecule has 0 aliphatic heterocycles. The molecule has 162 valence electrons. The third-order valence-corrected chi connectivity index (χ3v) is 22.8. The molecule has 33 heavy (non-hydrogen) atoms. The minimum atomic E-state index is -4.74. The molecule has 0 atom stereocenters. The van der Waals surface area contributed by atoms with Crippen LogP contribution in [0.15, 0.2) is 152 Å². The minimum absolute atomic E-state index is 0.538. The molecule has 0 amide bonds.